The molecule has 60 heavy (non-hydrogen) atoms. The normalized spacial score (nSPS) is 18.9. The molecule has 2 aliphatic heterocycles. The van der Waals surface area contributed by atoms with Gasteiger partial charge in [0, 0.05) is 25.9 Å². The molecule has 6 amide bonds. The van der Waals surface area contributed by atoms with Crippen LogP contribution in [0.3, 0.4) is 0 Å². The number of hydrogen-bond donors (Lipinski definition) is 7. The number of likely N-dealkylation sites (tertiary alicyclic amines) is 2. The molecule has 2 fully saturated rings. The third kappa shape index (κ3) is 13.1. The van der Waals surface area contributed by atoms with Crippen molar-refractivity contribution >= 4 is 47.4 Å². The second kappa shape index (κ2) is 22.0. The molecule has 2 heterocycles. The Labute approximate surface area is 350 Å². The zero-order chi connectivity index (χ0) is 44.1. The SMILES string of the molecule is CC(C)C[C@H](N)C(=O)N1CCC[C@H]1C(=O)N[C@@H](Cc1ccccc1)C(=O)N[C@@H](Cc1ccccc1)C(=O)N1CCC[C@H]1C(=O)N[C@H](C(=O)N[C@@H](CC(=O)O)C(=O)O)C(C)C. The lowest BCUT2D eigenvalue weighted by Crippen LogP contribution is -2.60. The first-order chi connectivity index (χ1) is 28.5. The highest BCUT2D eigenvalue weighted by Gasteiger charge is 2.42. The van der Waals surface area contributed by atoms with E-state index < -0.39 is 96.1 Å². The van der Waals surface area contributed by atoms with Crippen LogP contribution in [-0.2, 0) is 51.2 Å². The zero-order valence-electron chi connectivity index (χ0n) is 34.7. The Balaban J connectivity index is 1.57. The van der Waals surface area contributed by atoms with E-state index in [1.165, 1.54) is 9.80 Å². The number of nitrogens with two attached hydrogens (primary N) is 1. The number of aliphatic carboxylic acids is 2. The van der Waals surface area contributed by atoms with Crippen molar-refractivity contribution in [3.63, 3.8) is 0 Å². The smallest absolute Gasteiger partial charge is 0.326 e. The molecule has 0 aliphatic carbocycles. The highest BCUT2D eigenvalue weighted by molar-refractivity contribution is 5.98. The first-order valence-corrected chi connectivity index (χ1v) is 20.6. The number of carbonyl (C=O) groups excluding carboxylic acids is 6. The van der Waals surface area contributed by atoms with E-state index in [1.807, 2.05) is 32.0 Å². The van der Waals surface area contributed by atoms with Crippen LogP contribution in [0.5, 0.6) is 0 Å². The Kier molecular flexibility index (Phi) is 17.1. The van der Waals surface area contributed by atoms with E-state index in [0.717, 1.165) is 5.56 Å². The minimum Gasteiger partial charge on any atom is -0.481 e. The van der Waals surface area contributed by atoms with E-state index in [0.29, 0.717) is 37.8 Å². The minimum absolute atomic E-state index is 0.0398. The Morgan fingerprint density at radius 1 is 0.650 bits per heavy atom. The van der Waals surface area contributed by atoms with Crippen molar-refractivity contribution in [2.45, 2.75) is 121 Å². The summed E-state index contributed by atoms with van der Waals surface area (Å²) in [4.78, 5) is 109. The van der Waals surface area contributed by atoms with E-state index in [1.54, 1.807) is 56.3 Å². The fourth-order valence-corrected chi connectivity index (χ4v) is 7.70. The quantitative estimate of drug-likeness (QED) is 0.0990. The summed E-state index contributed by atoms with van der Waals surface area (Å²) in [7, 11) is 0. The Morgan fingerprint density at radius 3 is 1.62 bits per heavy atom. The Bertz CT molecular complexity index is 1840. The van der Waals surface area contributed by atoms with Gasteiger partial charge in [0.15, 0.2) is 0 Å². The van der Waals surface area contributed by atoms with Crippen molar-refractivity contribution in [3.05, 3.63) is 71.8 Å². The van der Waals surface area contributed by atoms with Gasteiger partial charge in [-0.05, 0) is 55.1 Å². The van der Waals surface area contributed by atoms with E-state index in [-0.39, 0.29) is 37.6 Å². The predicted molar refractivity (Wildman–Crippen MR) is 220 cm³/mol. The standard InChI is InChI=1S/C43H59N7O10/c1-25(2)21-29(44)41(57)49-19-11-17-33(49)38(54)45-30(22-27-13-7-5-8-14-27)37(53)46-31(23-28-15-9-6-10-16-28)42(58)50-20-12-18-34(50)39(55)48-36(26(3)4)40(56)47-32(43(59)60)24-35(51)52/h5-10,13-16,25-26,29-34,36H,11-12,17-24,44H2,1-4H3,(H,45,54)(H,46,53)(H,47,56)(H,48,55)(H,51,52)(H,59,60)/t29-,30-,31-,32-,33-,34-,36-/m0/s1. The van der Waals surface area contributed by atoms with Crippen LogP contribution < -0.4 is 27.0 Å². The lowest BCUT2D eigenvalue weighted by atomic mass is 10.0. The Morgan fingerprint density at radius 2 is 1.13 bits per heavy atom. The van der Waals surface area contributed by atoms with Gasteiger partial charge >= 0.3 is 11.9 Å². The third-order valence-electron chi connectivity index (χ3n) is 10.8. The molecule has 326 valence electrons. The molecule has 0 spiro atoms. The van der Waals surface area contributed by atoms with Gasteiger partial charge in [0.1, 0.15) is 36.3 Å². The molecule has 17 heteroatoms. The maximum absolute atomic E-state index is 14.5. The largest absolute Gasteiger partial charge is 0.481 e. The summed E-state index contributed by atoms with van der Waals surface area (Å²) in [5.74, 6) is -7.01. The van der Waals surface area contributed by atoms with Crippen LogP contribution in [0.25, 0.3) is 0 Å². The summed E-state index contributed by atoms with van der Waals surface area (Å²) in [6.07, 6.45) is 1.33. The topological polar surface area (TPSA) is 258 Å². The number of carboxylic acid groups (broad SMARTS) is 2. The van der Waals surface area contributed by atoms with Crippen molar-refractivity contribution in [1.29, 1.82) is 0 Å². The van der Waals surface area contributed by atoms with Gasteiger partial charge in [-0.3, -0.25) is 33.6 Å². The fourth-order valence-electron chi connectivity index (χ4n) is 7.70. The highest BCUT2D eigenvalue weighted by Crippen LogP contribution is 2.23. The number of nitrogens with one attached hydrogen (secondary N) is 4. The molecular weight excluding hydrogens is 775 g/mol. The maximum atomic E-state index is 14.5. The monoisotopic (exact) mass is 833 g/mol. The molecule has 0 aromatic heterocycles. The summed E-state index contributed by atoms with van der Waals surface area (Å²) in [6, 6.07) is 9.98. The number of carboxylic acids is 2. The van der Waals surface area contributed by atoms with Crippen LogP contribution in [0.15, 0.2) is 60.7 Å². The highest BCUT2D eigenvalue weighted by atomic mass is 16.4. The fraction of sp³-hybridized carbons (Fsp3) is 0.535. The molecule has 2 aromatic carbocycles. The lowest BCUT2D eigenvalue weighted by Gasteiger charge is -2.32. The second-order valence-electron chi connectivity index (χ2n) is 16.3. The molecule has 0 saturated carbocycles. The number of benzene rings is 2. The van der Waals surface area contributed by atoms with Crippen molar-refractivity contribution in [3.8, 4) is 0 Å². The number of rotatable bonds is 20. The molecule has 0 unspecified atom stereocenters. The summed E-state index contributed by atoms with van der Waals surface area (Å²) >= 11 is 0. The van der Waals surface area contributed by atoms with E-state index in [4.69, 9.17) is 10.8 Å². The molecule has 2 saturated heterocycles. The van der Waals surface area contributed by atoms with Crippen molar-refractivity contribution in [2.75, 3.05) is 13.1 Å². The van der Waals surface area contributed by atoms with Gasteiger partial charge in [-0.2, -0.15) is 0 Å². The second-order valence-corrected chi connectivity index (χ2v) is 16.3. The molecule has 4 rings (SSSR count). The molecule has 17 nitrogen and oxygen atoms in total. The summed E-state index contributed by atoms with van der Waals surface area (Å²) in [6.45, 7) is 7.67. The Hall–Kier alpha value is -5.84. The van der Waals surface area contributed by atoms with Crippen LogP contribution in [0.1, 0.15) is 77.3 Å². The van der Waals surface area contributed by atoms with Gasteiger partial charge in [-0.15, -0.1) is 0 Å². The lowest BCUT2D eigenvalue weighted by molar-refractivity contribution is -0.147. The minimum atomic E-state index is -1.73. The molecular formula is C43H59N7O10. The molecule has 7 atom stereocenters. The van der Waals surface area contributed by atoms with Gasteiger partial charge in [0.05, 0.1) is 12.5 Å². The summed E-state index contributed by atoms with van der Waals surface area (Å²) in [5, 5.41) is 29.1. The van der Waals surface area contributed by atoms with E-state index in [9.17, 15) is 43.5 Å². The first-order valence-electron chi connectivity index (χ1n) is 20.6. The molecule has 2 aromatic rings. The predicted octanol–water partition coefficient (Wildman–Crippen LogP) is 0.982. The van der Waals surface area contributed by atoms with Gasteiger partial charge < -0.3 is 47.0 Å². The van der Waals surface area contributed by atoms with Gasteiger partial charge in [-0.25, -0.2) is 4.79 Å². The molecule has 0 radical (unpaired) electrons. The van der Waals surface area contributed by atoms with Crippen molar-refractivity contribution < 1.29 is 48.6 Å². The van der Waals surface area contributed by atoms with Crippen LogP contribution in [-0.4, -0.2) is 123 Å². The average Bonchev–Trinajstić information content (AvgIpc) is 3.90. The third-order valence-corrected chi connectivity index (χ3v) is 10.8. The number of hydrogen-bond acceptors (Lipinski definition) is 9. The van der Waals surface area contributed by atoms with Crippen LogP contribution >= 0.6 is 0 Å². The summed E-state index contributed by atoms with van der Waals surface area (Å²) < 4.78 is 0. The number of nitrogens with zero attached hydrogens (tertiary/aromatic N) is 2. The van der Waals surface area contributed by atoms with Crippen molar-refractivity contribution in [1.82, 2.24) is 31.1 Å². The maximum Gasteiger partial charge on any atom is 0.326 e. The van der Waals surface area contributed by atoms with Crippen molar-refractivity contribution in [2.24, 2.45) is 17.6 Å². The van der Waals surface area contributed by atoms with Gasteiger partial charge in [-0.1, -0.05) is 88.4 Å². The zero-order valence-corrected chi connectivity index (χ0v) is 34.7. The van der Waals surface area contributed by atoms with Crippen LogP contribution in [0, 0.1) is 11.8 Å². The van der Waals surface area contributed by atoms with E-state index in [2.05, 4.69) is 21.3 Å². The molecule has 2 aliphatic rings. The van der Waals surface area contributed by atoms with Gasteiger partial charge in [0.2, 0.25) is 35.4 Å². The summed E-state index contributed by atoms with van der Waals surface area (Å²) in [5.41, 5.74) is 7.67. The van der Waals surface area contributed by atoms with Gasteiger partial charge in [0.25, 0.3) is 0 Å². The molecule has 0 bridgehead atoms. The number of carbonyl (C=O) groups is 8. The first kappa shape index (κ1) is 46.8. The molecule has 8 N–H and O–H groups in total. The van der Waals surface area contributed by atoms with Crippen LogP contribution in [0.2, 0.25) is 0 Å². The van der Waals surface area contributed by atoms with E-state index >= 15 is 0 Å². The average molecular weight is 834 g/mol. The van der Waals surface area contributed by atoms with Crippen LogP contribution in [0.4, 0.5) is 0 Å². The number of amides is 6.